The van der Waals surface area contributed by atoms with E-state index < -0.39 is 15.9 Å². The van der Waals surface area contributed by atoms with Gasteiger partial charge >= 0.3 is 0 Å². The molecule has 0 unspecified atom stereocenters. The van der Waals surface area contributed by atoms with Crippen LogP contribution in [0.5, 0.6) is 5.75 Å². The van der Waals surface area contributed by atoms with E-state index in [-0.39, 0.29) is 25.1 Å². The van der Waals surface area contributed by atoms with E-state index in [0.717, 1.165) is 23.7 Å². The second-order valence-corrected chi connectivity index (χ2v) is 9.03. The average Bonchev–Trinajstić information content (AvgIpc) is 3.48. The number of ether oxygens (including phenoxy) is 2. The minimum Gasteiger partial charge on any atom is -0.494 e. The molecule has 0 spiro atoms. The number of benzene rings is 1. The van der Waals surface area contributed by atoms with Gasteiger partial charge in [-0.05, 0) is 43.4 Å². The predicted octanol–water partition coefficient (Wildman–Crippen LogP) is 1.80. The molecule has 8 nitrogen and oxygen atoms in total. The molecule has 1 aliphatic rings. The maximum atomic E-state index is 12.3. The number of nitrogens with one attached hydrogen (secondary N) is 2. The smallest absolute Gasteiger partial charge is 0.242 e. The summed E-state index contributed by atoms with van der Waals surface area (Å²) in [6, 6.07) is 7.18. The Morgan fingerprint density at radius 2 is 2.14 bits per heavy atom. The van der Waals surface area contributed by atoms with Gasteiger partial charge in [-0.3, -0.25) is 4.79 Å². The SMILES string of the molecule is C[C@@H](NS(=O)(=O)CCCOCN/C=C\C(N)=O)c1cccc(OCCC2CC2)c1. The van der Waals surface area contributed by atoms with Crippen LogP contribution in [-0.4, -0.2) is 40.0 Å². The van der Waals surface area contributed by atoms with Crippen molar-refractivity contribution in [3.8, 4) is 5.75 Å². The molecule has 9 heteroatoms. The first-order valence-electron chi connectivity index (χ1n) is 9.85. The van der Waals surface area contributed by atoms with Crippen LogP contribution in [0.1, 0.15) is 44.2 Å². The molecule has 1 amide bonds. The molecule has 0 heterocycles. The third-order valence-electron chi connectivity index (χ3n) is 4.46. The summed E-state index contributed by atoms with van der Waals surface area (Å²) in [7, 11) is -3.44. The largest absolute Gasteiger partial charge is 0.494 e. The Bertz CT molecular complexity index is 778. The fourth-order valence-corrected chi connectivity index (χ4v) is 3.98. The highest BCUT2D eigenvalue weighted by Gasteiger charge is 2.21. The molecule has 0 aliphatic heterocycles. The maximum absolute atomic E-state index is 12.3. The summed E-state index contributed by atoms with van der Waals surface area (Å²) in [5.74, 6) is 0.987. The van der Waals surface area contributed by atoms with E-state index in [1.807, 2.05) is 31.2 Å². The Morgan fingerprint density at radius 3 is 2.86 bits per heavy atom. The lowest BCUT2D eigenvalue weighted by Crippen LogP contribution is -2.29. The molecule has 1 aromatic carbocycles. The highest BCUT2D eigenvalue weighted by Crippen LogP contribution is 2.32. The molecule has 0 saturated heterocycles. The van der Waals surface area contributed by atoms with Crippen molar-refractivity contribution in [1.82, 2.24) is 10.0 Å². The fourth-order valence-electron chi connectivity index (χ4n) is 2.69. The molecule has 1 fully saturated rings. The van der Waals surface area contributed by atoms with Crippen molar-refractivity contribution in [2.24, 2.45) is 11.7 Å². The molecule has 0 aromatic heterocycles. The first-order chi connectivity index (χ1) is 13.9. The van der Waals surface area contributed by atoms with Gasteiger partial charge in [-0.2, -0.15) is 0 Å². The number of nitrogens with two attached hydrogens (primary N) is 1. The Kier molecular flexibility index (Phi) is 9.43. The Morgan fingerprint density at radius 1 is 1.34 bits per heavy atom. The topological polar surface area (TPSA) is 120 Å². The zero-order valence-electron chi connectivity index (χ0n) is 16.8. The van der Waals surface area contributed by atoms with E-state index in [1.54, 1.807) is 0 Å². The number of carbonyl (C=O) groups excluding carboxylic acids is 1. The van der Waals surface area contributed by atoms with E-state index in [4.69, 9.17) is 15.2 Å². The van der Waals surface area contributed by atoms with E-state index in [9.17, 15) is 13.2 Å². The van der Waals surface area contributed by atoms with Crippen LogP contribution in [0.25, 0.3) is 0 Å². The number of sulfonamides is 1. The molecule has 1 aromatic rings. The van der Waals surface area contributed by atoms with Crippen molar-refractivity contribution in [1.29, 1.82) is 0 Å². The standard InChI is InChI=1S/C20H31N3O5S/c1-16(18-4-2-5-19(14-18)28-12-9-17-6-7-17)23-29(25,26)13-3-11-27-15-22-10-8-20(21)24/h2,4-5,8,10,14,16-17,22-23H,3,6-7,9,11-13,15H2,1H3,(H2,21,24)/b10-8-/t16-/m1/s1. The molecular formula is C20H31N3O5S. The van der Waals surface area contributed by atoms with Gasteiger partial charge in [0.2, 0.25) is 15.9 Å². The van der Waals surface area contributed by atoms with Crippen molar-refractivity contribution < 1.29 is 22.7 Å². The van der Waals surface area contributed by atoms with Crippen LogP contribution >= 0.6 is 0 Å². The zero-order valence-corrected chi connectivity index (χ0v) is 17.6. The average molecular weight is 426 g/mol. The van der Waals surface area contributed by atoms with Crippen LogP contribution in [0, 0.1) is 5.92 Å². The van der Waals surface area contributed by atoms with Crippen molar-refractivity contribution in [2.75, 3.05) is 25.7 Å². The van der Waals surface area contributed by atoms with E-state index in [1.165, 1.54) is 25.1 Å². The first-order valence-corrected chi connectivity index (χ1v) is 11.5. The lowest BCUT2D eigenvalue weighted by Gasteiger charge is -2.16. The van der Waals surface area contributed by atoms with Gasteiger partial charge in [0.25, 0.3) is 0 Å². The number of hydrogen-bond acceptors (Lipinski definition) is 6. The molecule has 2 rings (SSSR count). The van der Waals surface area contributed by atoms with Gasteiger partial charge in [0.1, 0.15) is 12.5 Å². The lowest BCUT2D eigenvalue weighted by atomic mass is 10.1. The molecular weight excluding hydrogens is 394 g/mol. The summed E-state index contributed by atoms with van der Waals surface area (Å²) in [5.41, 5.74) is 5.80. The summed E-state index contributed by atoms with van der Waals surface area (Å²) >= 11 is 0. The van der Waals surface area contributed by atoms with Crippen molar-refractivity contribution in [3.63, 3.8) is 0 Å². The fraction of sp³-hybridized carbons (Fsp3) is 0.550. The monoisotopic (exact) mass is 425 g/mol. The third-order valence-corrected chi connectivity index (χ3v) is 6.00. The summed E-state index contributed by atoms with van der Waals surface area (Å²) < 4.78 is 38.3. The number of amides is 1. The van der Waals surface area contributed by atoms with Crippen LogP contribution in [0.3, 0.4) is 0 Å². The molecule has 1 aliphatic carbocycles. The minimum absolute atomic E-state index is 0.0357. The van der Waals surface area contributed by atoms with E-state index in [2.05, 4.69) is 10.0 Å². The van der Waals surface area contributed by atoms with E-state index in [0.29, 0.717) is 13.0 Å². The molecule has 162 valence electrons. The molecule has 0 radical (unpaired) electrons. The molecule has 4 N–H and O–H groups in total. The summed E-state index contributed by atoms with van der Waals surface area (Å²) in [6.45, 7) is 2.95. The van der Waals surface area contributed by atoms with Gasteiger partial charge in [-0.25, -0.2) is 13.1 Å². The Balaban J connectivity index is 1.68. The highest BCUT2D eigenvalue weighted by molar-refractivity contribution is 7.89. The van der Waals surface area contributed by atoms with Gasteiger partial charge in [0.15, 0.2) is 0 Å². The predicted molar refractivity (Wildman–Crippen MR) is 112 cm³/mol. The second kappa shape index (κ2) is 11.8. The highest BCUT2D eigenvalue weighted by atomic mass is 32.2. The zero-order chi connectivity index (χ0) is 21.1. The normalized spacial score (nSPS) is 15.3. The van der Waals surface area contributed by atoms with Crippen LogP contribution in [-0.2, 0) is 19.6 Å². The van der Waals surface area contributed by atoms with E-state index >= 15 is 0 Å². The van der Waals surface area contributed by atoms with Gasteiger partial charge < -0.3 is 20.5 Å². The molecule has 1 atom stereocenters. The van der Waals surface area contributed by atoms with Crippen molar-refractivity contribution in [2.45, 2.75) is 38.6 Å². The first kappa shape index (κ1) is 23.2. The Hall–Kier alpha value is -2.10. The quantitative estimate of drug-likeness (QED) is 0.224. The second-order valence-electron chi connectivity index (χ2n) is 7.16. The molecule has 1 saturated carbocycles. The number of carbonyl (C=O) groups is 1. The van der Waals surface area contributed by atoms with Gasteiger partial charge in [-0.15, -0.1) is 0 Å². The van der Waals surface area contributed by atoms with Gasteiger partial charge in [-0.1, -0.05) is 25.0 Å². The third kappa shape index (κ3) is 10.3. The number of primary amides is 1. The number of rotatable bonds is 15. The van der Waals surface area contributed by atoms with Crippen molar-refractivity contribution >= 4 is 15.9 Å². The van der Waals surface area contributed by atoms with Crippen LogP contribution in [0.4, 0.5) is 0 Å². The molecule has 29 heavy (non-hydrogen) atoms. The van der Waals surface area contributed by atoms with Crippen molar-refractivity contribution in [3.05, 3.63) is 42.1 Å². The number of hydrogen-bond donors (Lipinski definition) is 3. The summed E-state index contributed by atoms with van der Waals surface area (Å²) in [6.07, 6.45) is 6.59. The minimum atomic E-state index is -3.44. The summed E-state index contributed by atoms with van der Waals surface area (Å²) in [5, 5.41) is 2.72. The molecule has 0 bridgehead atoms. The summed E-state index contributed by atoms with van der Waals surface area (Å²) in [4.78, 5) is 10.5. The maximum Gasteiger partial charge on any atom is 0.242 e. The van der Waals surface area contributed by atoms with Gasteiger partial charge in [0.05, 0.1) is 12.4 Å². The van der Waals surface area contributed by atoms with Crippen LogP contribution < -0.4 is 20.5 Å². The van der Waals surface area contributed by atoms with Crippen LogP contribution in [0.2, 0.25) is 0 Å². The lowest BCUT2D eigenvalue weighted by molar-refractivity contribution is -0.113. The van der Waals surface area contributed by atoms with Gasteiger partial charge in [0, 0.05) is 24.9 Å². The Labute approximate surface area is 172 Å². The van der Waals surface area contributed by atoms with Crippen LogP contribution in [0.15, 0.2) is 36.5 Å².